The molecule has 106 valence electrons. The van der Waals surface area contributed by atoms with Crippen molar-refractivity contribution < 1.29 is 9.90 Å². The topological polar surface area (TPSA) is 67.2 Å². The average Bonchev–Trinajstić information content (AvgIpc) is 2.82. The van der Waals surface area contributed by atoms with Crippen LogP contribution < -0.4 is 5.32 Å². The van der Waals surface area contributed by atoms with E-state index in [0.717, 1.165) is 24.1 Å². The van der Waals surface area contributed by atoms with Crippen LogP contribution in [0.4, 0.5) is 0 Å². The number of phenols is 1. The van der Waals surface area contributed by atoms with E-state index in [-0.39, 0.29) is 11.7 Å². The van der Waals surface area contributed by atoms with Crippen molar-refractivity contribution in [1.82, 2.24) is 15.1 Å². The Morgan fingerprint density at radius 1 is 1.35 bits per heavy atom. The summed E-state index contributed by atoms with van der Waals surface area (Å²) in [4.78, 5) is 12.1. The number of hydrogen-bond donors (Lipinski definition) is 2. The SMILES string of the molecule is CCc1nn(C)cc1C(=O)NCCc1ccc(O)cc1. The van der Waals surface area contributed by atoms with Crippen LogP contribution >= 0.6 is 0 Å². The summed E-state index contributed by atoms with van der Waals surface area (Å²) in [6.07, 6.45) is 3.21. The molecule has 2 aromatic rings. The van der Waals surface area contributed by atoms with Crippen molar-refractivity contribution >= 4 is 5.91 Å². The van der Waals surface area contributed by atoms with Crippen molar-refractivity contribution in [1.29, 1.82) is 0 Å². The molecule has 0 spiro atoms. The second kappa shape index (κ2) is 6.23. The quantitative estimate of drug-likeness (QED) is 0.870. The van der Waals surface area contributed by atoms with Gasteiger partial charge in [0.2, 0.25) is 0 Å². The van der Waals surface area contributed by atoms with Crippen molar-refractivity contribution in [3.05, 3.63) is 47.3 Å². The van der Waals surface area contributed by atoms with Crippen molar-refractivity contribution in [3.8, 4) is 5.75 Å². The number of hydrogen-bond acceptors (Lipinski definition) is 3. The minimum atomic E-state index is -0.0891. The molecule has 1 aromatic heterocycles. The summed E-state index contributed by atoms with van der Waals surface area (Å²) in [6, 6.07) is 6.99. The molecule has 0 atom stereocenters. The number of carbonyl (C=O) groups is 1. The van der Waals surface area contributed by atoms with Gasteiger partial charge in [0.25, 0.3) is 5.91 Å². The normalized spacial score (nSPS) is 10.5. The third-order valence-corrected chi connectivity index (χ3v) is 3.12. The number of amides is 1. The van der Waals surface area contributed by atoms with Crippen LogP contribution in [0.25, 0.3) is 0 Å². The molecule has 1 aromatic carbocycles. The summed E-state index contributed by atoms with van der Waals surface area (Å²) in [5.74, 6) is 0.162. The van der Waals surface area contributed by atoms with E-state index in [2.05, 4.69) is 10.4 Å². The van der Waals surface area contributed by atoms with Crippen LogP contribution in [0.15, 0.2) is 30.5 Å². The molecule has 0 aliphatic carbocycles. The van der Waals surface area contributed by atoms with Crippen LogP contribution in [0.2, 0.25) is 0 Å². The predicted octanol–water partition coefficient (Wildman–Crippen LogP) is 1.66. The molecule has 1 amide bonds. The fourth-order valence-electron chi connectivity index (χ4n) is 2.06. The lowest BCUT2D eigenvalue weighted by molar-refractivity contribution is 0.0953. The predicted molar refractivity (Wildman–Crippen MR) is 76.7 cm³/mol. The van der Waals surface area contributed by atoms with Crippen molar-refractivity contribution in [3.63, 3.8) is 0 Å². The molecule has 5 heteroatoms. The molecule has 2 N–H and O–H groups in total. The van der Waals surface area contributed by atoms with Gasteiger partial charge in [-0.15, -0.1) is 0 Å². The molecule has 20 heavy (non-hydrogen) atoms. The van der Waals surface area contributed by atoms with Crippen LogP contribution in [-0.2, 0) is 19.9 Å². The van der Waals surface area contributed by atoms with Gasteiger partial charge < -0.3 is 10.4 Å². The lowest BCUT2D eigenvalue weighted by Crippen LogP contribution is -2.26. The summed E-state index contributed by atoms with van der Waals surface area (Å²) in [7, 11) is 1.81. The van der Waals surface area contributed by atoms with E-state index < -0.39 is 0 Å². The van der Waals surface area contributed by atoms with Gasteiger partial charge in [-0.3, -0.25) is 9.48 Å². The van der Waals surface area contributed by atoms with E-state index in [1.807, 2.05) is 26.1 Å². The first kappa shape index (κ1) is 14.1. The van der Waals surface area contributed by atoms with E-state index in [4.69, 9.17) is 0 Å². The molecule has 2 rings (SSSR count). The molecule has 0 bridgehead atoms. The Bertz CT molecular complexity index is 588. The minimum Gasteiger partial charge on any atom is -0.508 e. The third kappa shape index (κ3) is 3.38. The molecule has 0 aliphatic heterocycles. The smallest absolute Gasteiger partial charge is 0.254 e. The number of aryl methyl sites for hydroxylation is 2. The molecule has 0 radical (unpaired) electrons. The zero-order chi connectivity index (χ0) is 14.5. The summed E-state index contributed by atoms with van der Waals surface area (Å²) < 4.78 is 1.66. The second-order valence-electron chi connectivity index (χ2n) is 4.69. The van der Waals surface area contributed by atoms with Gasteiger partial charge >= 0.3 is 0 Å². The molecular formula is C15H19N3O2. The van der Waals surface area contributed by atoms with Crippen molar-refractivity contribution in [2.24, 2.45) is 7.05 Å². The number of carbonyl (C=O) groups excluding carboxylic acids is 1. The van der Waals surface area contributed by atoms with E-state index in [9.17, 15) is 9.90 Å². The van der Waals surface area contributed by atoms with Crippen molar-refractivity contribution in [2.75, 3.05) is 6.54 Å². The van der Waals surface area contributed by atoms with Gasteiger partial charge in [-0.2, -0.15) is 5.10 Å². The Balaban J connectivity index is 1.90. The molecule has 0 saturated carbocycles. The lowest BCUT2D eigenvalue weighted by Gasteiger charge is -2.05. The number of nitrogens with zero attached hydrogens (tertiary/aromatic N) is 2. The highest BCUT2D eigenvalue weighted by Gasteiger charge is 2.13. The highest BCUT2D eigenvalue weighted by Crippen LogP contribution is 2.10. The van der Waals surface area contributed by atoms with Gasteiger partial charge in [0.1, 0.15) is 5.75 Å². The van der Waals surface area contributed by atoms with Crippen LogP contribution in [0.1, 0.15) is 28.5 Å². The maximum Gasteiger partial charge on any atom is 0.254 e. The van der Waals surface area contributed by atoms with E-state index in [0.29, 0.717) is 12.1 Å². The van der Waals surface area contributed by atoms with Gasteiger partial charge in [-0.1, -0.05) is 19.1 Å². The first-order valence-corrected chi connectivity index (χ1v) is 6.68. The average molecular weight is 273 g/mol. The highest BCUT2D eigenvalue weighted by atomic mass is 16.3. The van der Waals surface area contributed by atoms with E-state index in [1.54, 1.807) is 23.0 Å². The van der Waals surface area contributed by atoms with Crippen LogP contribution in [0, 0.1) is 0 Å². The third-order valence-electron chi connectivity index (χ3n) is 3.12. The summed E-state index contributed by atoms with van der Waals surface area (Å²) >= 11 is 0. The molecule has 5 nitrogen and oxygen atoms in total. The van der Waals surface area contributed by atoms with Crippen LogP contribution in [0.3, 0.4) is 0 Å². The molecule has 0 unspecified atom stereocenters. The molecule has 1 heterocycles. The van der Waals surface area contributed by atoms with E-state index >= 15 is 0 Å². The molecule has 0 saturated heterocycles. The van der Waals surface area contributed by atoms with Crippen molar-refractivity contribution in [2.45, 2.75) is 19.8 Å². The van der Waals surface area contributed by atoms with Crippen LogP contribution in [-0.4, -0.2) is 27.3 Å². The largest absolute Gasteiger partial charge is 0.508 e. The zero-order valence-corrected chi connectivity index (χ0v) is 11.8. The Kier molecular flexibility index (Phi) is 4.40. The summed E-state index contributed by atoms with van der Waals surface area (Å²) in [5.41, 5.74) is 2.53. The maximum atomic E-state index is 12.1. The lowest BCUT2D eigenvalue weighted by atomic mass is 10.1. The van der Waals surface area contributed by atoms with Gasteiger partial charge in [-0.05, 0) is 30.5 Å². The maximum absolute atomic E-state index is 12.1. The molecule has 0 aliphatic rings. The summed E-state index contributed by atoms with van der Waals surface area (Å²) in [6.45, 7) is 2.54. The fraction of sp³-hybridized carbons (Fsp3) is 0.333. The summed E-state index contributed by atoms with van der Waals surface area (Å²) in [5, 5.41) is 16.3. The number of rotatable bonds is 5. The second-order valence-corrected chi connectivity index (χ2v) is 4.69. The number of aromatic hydroxyl groups is 1. The standard InChI is InChI=1S/C15H19N3O2/c1-3-14-13(10-18(2)17-14)15(20)16-9-8-11-4-6-12(19)7-5-11/h4-7,10,19H,3,8-9H2,1-2H3,(H,16,20). The van der Waals surface area contributed by atoms with Gasteiger partial charge in [0, 0.05) is 19.8 Å². The zero-order valence-electron chi connectivity index (χ0n) is 11.8. The number of benzene rings is 1. The monoisotopic (exact) mass is 273 g/mol. The molecular weight excluding hydrogens is 254 g/mol. The van der Waals surface area contributed by atoms with Crippen LogP contribution in [0.5, 0.6) is 5.75 Å². The van der Waals surface area contributed by atoms with E-state index in [1.165, 1.54) is 0 Å². The molecule has 0 fully saturated rings. The Hall–Kier alpha value is -2.30. The fourth-order valence-corrected chi connectivity index (χ4v) is 2.06. The van der Waals surface area contributed by atoms with Gasteiger partial charge in [0.15, 0.2) is 0 Å². The first-order valence-electron chi connectivity index (χ1n) is 6.68. The minimum absolute atomic E-state index is 0.0891. The Morgan fingerprint density at radius 3 is 2.70 bits per heavy atom. The van der Waals surface area contributed by atoms with Gasteiger partial charge in [-0.25, -0.2) is 0 Å². The first-order chi connectivity index (χ1) is 9.60. The Labute approximate surface area is 118 Å². The number of aromatic nitrogens is 2. The number of nitrogens with one attached hydrogen (secondary N) is 1. The Morgan fingerprint density at radius 2 is 2.05 bits per heavy atom. The number of phenolic OH excluding ortho intramolecular Hbond substituents is 1. The van der Waals surface area contributed by atoms with Gasteiger partial charge in [0.05, 0.1) is 11.3 Å². The highest BCUT2D eigenvalue weighted by molar-refractivity contribution is 5.95.